The van der Waals surface area contributed by atoms with Crippen molar-refractivity contribution >= 4 is 49.8 Å². The second-order valence-corrected chi connectivity index (χ2v) is 7.92. The molecule has 2 amide bonds. The predicted molar refractivity (Wildman–Crippen MR) is 90.6 cm³/mol. The molecule has 1 atom stereocenters. The third kappa shape index (κ3) is 3.66. The summed E-state index contributed by atoms with van der Waals surface area (Å²) in [6.07, 6.45) is -1.70. The molecule has 3 N–H and O–H groups in total. The zero-order chi connectivity index (χ0) is 18.9. The van der Waals surface area contributed by atoms with Crippen LogP contribution in [0.1, 0.15) is 17.3 Å². The number of benzene rings is 1. The van der Waals surface area contributed by atoms with Gasteiger partial charge in [0.05, 0.1) is 10.6 Å². The van der Waals surface area contributed by atoms with Crippen LogP contribution >= 0.6 is 22.9 Å². The number of nitrogens with zero attached hydrogens (tertiary/aromatic N) is 1. The van der Waals surface area contributed by atoms with Gasteiger partial charge in [-0.1, -0.05) is 11.6 Å². The fourth-order valence-electron chi connectivity index (χ4n) is 1.93. The van der Waals surface area contributed by atoms with Gasteiger partial charge in [-0.15, -0.1) is 11.3 Å². The Hall–Kier alpha value is -2.01. The maximum absolute atomic E-state index is 13.2. The molecular weight excluding hydrogens is 395 g/mol. The number of halogens is 2. The summed E-state index contributed by atoms with van der Waals surface area (Å²) in [5.74, 6) is -2.95. The number of hydrogen-bond acceptors (Lipinski definition) is 6. The Morgan fingerprint density at radius 2 is 2.00 bits per heavy atom. The molecule has 1 unspecified atom stereocenters. The van der Waals surface area contributed by atoms with E-state index in [1.165, 1.54) is 11.4 Å². The summed E-state index contributed by atoms with van der Waals surface area (Å²) < 4.78 is 39.3. The van der Waals surface area contributed by atoms with E-state index in [-0.39, 0.29) is 14.9 Å². The average Bonchev–Trinajstić information content (AvgIpc) is 2.95. The summed E-state index contributed by atoms with van der Waals surface area (Å²) in [7, 11) is -4.64. The Balaban J connectivity index is 2.73. The number of anilines is 1. The topological polar surface area (TPSA) is 118 Å². The number of aliphatic hydroxyl groups excluding tert-OH is 1. The van der Waals surface area contributed by atoms with Crippen LogP contribution in [0.4, 0.5) is 9.39 Å². The van der Waals surface area contributed by atoms with Gasteiger partial charge in [-0.3, -0.25) is 9.59 Å². The highest BCUT2D eigenvalue weighted by Crippen LogP contribution is 2.35. The molecule has 0 radical (unpaired) electrons. The van der Waals surface area contributed by atoms with Gasteiger partial charge in [0.25, 0.3) is 21.8 Å². The standard InChI is InChI=1S/C14H12ClFN2O5S2/c1-7(19)13(21)18(14-9(12(17)20)4-5-24-14)25(22,23)11-3-2-8(16)6-10(11)15/h2-7,19H,1H3,(H2,17,20). The summed E-state index contributed by atoms with van der Waals surface area (Å²) in [6.45, 7) is 1.06. The van der Waals surface area contributed by atoms with Gasteiger partial charge in [0.1, 0.15) is 21.8 Å². The number of primary amides is 1. The first-order valence-corrected chi connectivity index (χ1v) is 9.36. The van der Waals surface area contributed by atoms with Crippen molar-refractivity contribution in [1.29, 1.82) is 0 Å². The van der Waals surface area contributed by atoms with E-state index in [0.29, 0.717) is 0 Å². The van der Waals surface area contributed by atoms with Crippen molar-refractivity contribution in [2.75, 3.05) is 4.31 Å². The van der Waals surface area contributed by atoms with E-state index in [1.807, 2.05) is 0 Å². The lowest BCUT2D eigenvalue weighted by Crippen LogP contribution is -2.42. The van der Waals surface area contributed by atoms with Gasteiger partial charge in [0.2, 0.25) is 0 Å². The van der Waals surface area contributed by atoms with Crippen LogP contribution in [-0.2, 0) is 14.8 Å². The minimum Gasteiger partial charge on any atom is -0.384 e. The van der Waals surface area contributed by atoms with E-state index in [0.717, 1.165) is 36.5 Å². The summed E-state index contributed by atoms with van der Waals surface area (Å²) in [5.41, 5.74) is 4.98. The van der Waals surface area contributed by atoms with Crippen LogP contribution in [0.5, 0.6) is 0 Å². The van der Waals surface area contributed by atoms with Crippen molar-refractivity contribution in [2.24, 2.45) is 5.73 Å². The molecule has 7 nitrogen and oxygen atoms in total. The molecule has 0 saturated carbocycles. The molecule has 0 saturated heterocycles. The van der Waals surface area contributed by atoms with Crippen molar-refractivity contribution in [3.05, 3.63) is 46.0 Å². The quantitative estimate of drug-likeness (QED) is 0.784. The van der Waals surface area contributed by atoms with E-state index in [9.17, 15) is 27.5 Å². The van der Waals surface area contributed by atoms with Crippen LogP contribution in [0, 0.1) is 5.82 Å². The molecule has 2 aromatic rings. The highest BCUT2D eigenvalue weighted by molar-refractivity contribution is 7.94. The van der Waals surface area contributed by atoms with Gasteiger partial charge in [-0.2, -0.15) is 4.31 Å². The zero-order valence-corrected chi connectivity index (χ0v) is 15.0. The minimum atomic E-state index is -4.64. The van der Waals surface area contributed by atoms with Crippen molar-refractivity contribution in [1.82, 2.24) is 0 Å². The van der Waals surface area contributed by atoms with E-state index < -0.39 is 43.7 Å². The second kappa shape index (κ2) is 7.08. The van der Waals surface area contributed by atoms with Crippen molar-refractivity contribution in [3.8, 4) is 0 Å². The predicted octanol–water partition coefficient (Wildman–Crippen LogP) is 1.74. The summed E-state index contributed by atoms with van der Waals surface area (Å²) in [5, 5.41) is 10.2. The largest absolute Gasteiger partial charge is 0.384 e. The summed E-state index contributed by atoms with van der Waals surface area (Å²) in [6, 6.07) is 3.75. The first-order valence-electron chi connectivity index (χ1n) is 6.67. The van der Waals surface area contributed by atoms with Crippen LogP contribution in [0.2, 0.25) is 5.02 Å². The van der Waals surface area contributed by atoms with E-state index >= 15 is 0 Å². The minimum absolute atomic E-state index is 0.221. The number of rotatable bonds is 5. The van der Waals surface area contributed by atoms with E-state index in [1.54, 1.807) is 0 Å². The zero-order valence-electron chi connectivity index (χ0n) is 12.6. The molecule has 0 spiro atoms. The molecule has 2 rings (SSSR count). The highest BCUT2D eigenvalue weighted by Gasteiger charge is 2.37. The van der Waals surface area contributed by atoms with Gasteiger partial charge < -0.3 is 10.8 Å². The molecular formula is C14H12ClFN2O5S2. The number of thiophene rings is 1. The normalized spacial score (nSPS) is 12.6. The smallest absolute Gasteiger partial charge is 0.273 e. The third-order valence-corrected chi connectivity index (χ3v) is 6.26. The summed E-state index contributed by atoms with van der Waals surface area (Å²) in [4.78, 5) is 23.3. The molecule has 0 aliphatic rings. The molecule has 0 fully saturated rings. The maximum atomic E-state index is 13.2. The first-order chi connectivity index (χ1) is 11.6. The Kier molecular flexibility index (Phi) is 5.47. The number of amides is 2. The van der Waals surface area contributed by atoms with Crippen LogP contribution in [-0.4, -0.2) is 31.4 Å². The van der Waals surface area contributed by atoms with Gasteiger partial charge >= 0.3 is 0 Å². The van der Waals surface area contributed by atoms with Gasteiger partial charge in [-0.05, 0) is 36.6 Å². The van der Waals surface area contributed by atoms with Gasteiger partial charge in [-0.25, -0.2) is 12.8 Å². The Bertz CT molecular complexity index is 942. The fourth-order valence-corrected chi connectivity index (χ4v) is 5.07. The molecule has 1 heterocycles. The summed E-state index contributed by atoms with van der Waals surface area (Å²) >= 11 is 6.56. The second-order valence-electron chi connectivity index (χ2n) is 4.86. The average molecular weight is 407 g/mol. The van der Waals surface area contributed by atoms with Gasteiger partial charge in [0.15, 0.2) is 0 Å². The Morgan fingerprint density at radius 1 is 1.36 bits per heavy atom. The van der Waals surface area contributed by atoms with Gasteiger partial charge in [0, 0.05) is 0 Å². The van der Waals surface area contributed by atoms with Crippen LogP contribution < -0.4 is 10.0 Å². The molecule has 1 aromatic carbocycles. The number of nitrogens with two attached hydrogens (primary N) is 1. The van der Waals surface area contributed by atoms with Crippen molar-refractivity contribution in [3.63, 3.8) is 0 Å². The van der Waals surface area contributed by atoms with Crippen LogP contribution in [0.15, 0.2) is 34.5 Å². The number of sulfonamides is 1. The molecule has 0 aliphatic heterocycles. The van der Waals surface area contributed by atoms with Crippen LogP contribution in [0.3, 0.4) is 0 Å². The number of hydrogen-bond donors (Lipinski definition) is 2. The maximum Gasteiger partial charge on any atom is 0.273 e. The Labute approximate surface area is 151 Å². The van der Waals surface area contributed by atoms with Crippen molar-refractivity contribution < 1.29 is 27.5 Å². The number of aliphatic hydroxyl groups is 1. The fraction of sp³-hybridized carbons (Fsp3) is 0.143. The van der Waals surface area contributed by atoms with E-state index in [2.05, 4.69) is 0 Å². The lowest BCUT2D eigenvalue weighted by molar-refractivity contribution is -0.124. The molecule has 0 bridgehead atoms. The Morgan fingerprint density at radius 3 is 2.52 bits per heavy atom. The highest BCUT2D eigenvalue weighted by atomic mass is 35.5. The molecule has 1 aromatic heterocycles. The van der Waals surface area contributed by atoms with Crippen LogP contribution in [0.25, 0.3) is 0 Å². The number of carbonyl (C=O) groups is 2. The molecule has 25 heavy (non-hydrogen) atoms. The third-order valence-electron chi connectivity index (χ3n) is 3.06. The monoisotopic (exact) mass is 406 g/mol. The first kappa shape index (κ1) is 19.3. The molecule has 134 valence electrons. The molecule has 11 heteroatoms. The lowest BCUT2D eigenvalue weighted by Gasteiger charge is -2.23. The number of carbonyl (C=O) groups excluding carboxylic acids is 2. The lowest BCUT2D eigenvalue weighted by atomic mass is 10.3. The molecule has 0 aliphatic carbocycles. The van der Waals surface area contributed by atoms with E-state index in [4.69, 9.17) is 17.3 Å². The van der Waals surface area contributed by atoms with Crippen molar-refractivity contribution in [2.45, 2.75) is 17.9 Å². The SMILES string of the molecule is CC(O)C(=O)N(c1sccc1C(N)=O)S(=O)(=O)c1ccc(F)cc1Cl.